The molecule has 0 aliphatic rings. The first-order valence-electron chi connectivity index (χ1n) is 5.32. The van der Waals surface area contributed by atoms with Crippen molar-refractivity contribution in [1.82, 2.24) is 4.98 Å². The molecule has 1 rings (SSSR count). The van der Waals surface area contributed by atoms with Crippen LogP contribution >= 0.6 is 0 Å². The number of rotatable bonds is 6. The highest BCUT2D eigenvalue weighted by atomic mass is 16.3. The van der Waals surface area contributed by atoms with Crippen molar-refractivity contribution in [2.75, 3.05) is 18.5 Å². The van der Waals surface area contributed by atoms with Gasteiger partial charge in [-0.25, -0.2) is 0 Å². The van der Waals surface area contributed by atoms with E-state index >= 15 is 0 Å². The number of amides is 1. The topological polar surface area (TPSA) is 108 Å². The number of primary amides is 1. The standard InChI is InChI=1S/C11H17N3O3/c1-2-11(6-15,7-16)14-8-3-4-13-9(5-8)10(12)17/h3-5,15-16H,2,6-7H2,1H3,(H2,12,17)(H,13,14). The fraction of sp³-hybridized carbons (Fsp3) is 0.455. The van der Waals surface area contributed by atoms with Crippen LogP contribution in [0.5, 0.6) is 0 Å². The third-order valence-corrected chi connectivity index (χ3v) is 2.70. The van der Waals surface area contributed by atoms with Gasteiger partial charge >= 0.3 is 0 Å². The Morgan fingerprint density at radius 2 is 2.18 bits per heavy atom. The molecule has 6 nitrogen and oxygen atoms in total. The minimum atomic E-state index is -0.809. The average molecular weight is 239 g/mol. The first-order chi connectivity index (χ1) is 8.06. The predicted octanol–water partition coefficient (Wildman–Crippen LogP) is -0.274. The molecule has 1 heterocycles. The largest absolute Gasteiger partial charge is 0.394 e. The van der Waals surface area contributed by atoms with E-state index in [1.165, 1.54) is 12.3 Å². The SMILES string of the molecule is CCC(CO)(CO)Nc1ccnc(C(N)=O)c1. The second kappa shape index (κ2) is 5.60. The summed E-state index contributed by atoms with van der Waals surface area (Å²) < 4.78 is 0. The van der Waals surface area contributed by atoms with Crippen LogP contribution in [-0.4, -0.2) is 39.9 Å². The van der Waals surface area contributed by atoms with Gasteiger partial charge in [-0.3, -0.25) is 9.78 Å². The van der Waals surface area contributed by atoms with E-state index in [0.29, 0.717) is 12.1 Å². The van der Waals surface area contributed by atoms with E-state index in [0.717, 1.165) is 0 Å². The van der Waals surface area contributed by atoms with Crippen LogP contribution in [0.4, 0.5) is 5.69 Å². The zero-order valence-electron chi connectivity index (χ0n) is 9.68. The second-order valence-corrected chi connectivity index (χ2v) is 3.87. The molecular weight excluding hydrogens is 222 g/mol. The highest BCUT2D eigenvalue weighted by Gasteiger charge is 2.26. The summed E-state index contributed by atoms with van der Waals surface area (Å²) in [6, 6.07) is 3.13. The van der Waals surface area contributed by atoms with E-state index in [1.807, 2.05) is 6.92 Å². The molecule has 0 fully saturated rings. The first kappa shape index (κ1) is 13.4. The number of hydrogen-bond donors (Lipinski definition) is 4. The number of aliphatic hydroxyl groups is 2. The molecular formula is C11H17N3O3. The van der Waals surface area contributed by atoms with Crippen LogP contribution in [0.3, 0.4) is 0 Å². The molecule has 17 heavy (non-hydrogen) atoms. The van der Waals surface area contributed by atoms with Gasteiger partial charge in [0.05, 0.1) is 18.8 Å². The Bertz CT molecular complexity index is 383. The van der Waals surface area contributed by atoms with Gasteiger partial charge in [-0.1, -0.05) is 6.92 Å². The zero-order chi connectivity index (χ0) is 12.9. The summed E-state index contributed by atoms with van der Waals surface area (Å²) in [5.74, 6) is -0.622. The summed E-state index contributed by atoms with van der Waals surface area (Å²) in [6.07, 6.45) is 1.98. The predicted molar refractivity (Wildman–Crippen MR) is 63.6 cm³/mol. The Hall–Kier alpha value is -1.66. The number of nitrogens with zero attached hydrogens (tertiary/aromatic N) is 1. The van der Waals surface area contributed by atoms with E-state index < -0.39 is 11.4 Å². The van der Waals surface area contributed by atoms with Crippen molar-refractivity contribution in [1.29, 1.82) is 0 Å². The van der Waals surface area contributed by atoms with Crippen LogP contribution in [0.1, 0.15) is 23.8 Å². The second-order valence-electron chi connectivity index (χ2n) is 3.87. The number of pyridine rings is 1. The van der Waals surface area contributed by atoms with Gasteiger partial charge in [0.25, 0.3) is 5.91 Å². The Labute approximate surface area is 99.5 Å². The highest BCUT2D eigenvalue weighted by Crippen LogP contribution is 2.18. The Balaban J connectivity index is 2.93. The summed E-state index contributed by atoms with van der Waals surface area (Å²) in [5.41, 5.74) is 5.02. The number of hydrogen-bond acceptors (Lipinski definition) is 5. The monoisotopic (exact) mass is 239 g/mol. The molecule has 0 unspecified atom stereocenters. The average Bonchev–Trinajstić information content (AvgIpc) is 2.36. The van der Waals surface area contributed by atoms with E-state index in [4.69, 9.17) is 5.73 Å². The summed E-state index contributed by atoms with van der Waals surface area (Å²) in [4.78, 5) is 14.8. The Morgan fingerprint density at radius 3 is 2.65 bits per heavy atom. The molecule has 0 aliphatic heterocycles. The van der Waals surface area contributed by atoms with E-state index in [9.17, 15) is 15.0 Å². The Kier molecular flexibility index (Phi) is 4.42. The summed E-state index contributed by atoms with van der Waals surface area (Å²) in [5, 5.41) is 21.6. The number of carbonyl (C=O) groups excluding carboxylic acids is 1. The molecule has 0 saturated heterocycles. The van der Waals surface area contributed by atoms with E-state index in [2.05, 4.69) is 10.3 Å². The minimum absolute atomic E-state index is 0.135. The van der Waals surface area contributed by atoms with Crippen molar-refractivity contribution in [3.8, 4) is 0 Å². The fourth-order valence-corrected chi connectivity index (χ4v) is 1.39. The molecule has 0 radical (unpaired) electrons. The maximum atomic E-state index is 11.0. The van der Waals surface area contributed by atoms with Gasteiger partial charge in [-0.15, -0.1) is 0 Å². The smallest absolute Gasteiger partial charge is 0.267 e. The van der Waals surface area contributed by atoms with Gasteiger partial charge in [0.15, 0.2) is 0 Å². The van der Waals surface area contributed by atoms with Crippen molar-refractivity contribution < 1.29 is 15.0 Å². The molecule has 0 spiro atoms. The molecule has 0 bridgehead atoms. The lowest BCUT2D eigenvalue weighted by atomic mass is 9.98. The minimum Gasteiger partial charge on any atom is -0.394 e. The lowest BCUT2D eigenvalue weighted by molar-refractivity contribution is 0.0995. The molecule has 0 aromatic carbocycles. The van der Waals surface area contributed by atoms with E-state index in [-0.39, 0.29) is 18.9 Å². The number of nitrogens with two attached hydrogens (primary N) is 1. The van der Waals surface area contributed by atoms with Crippen molar-refractivity contribution in [2.45, 2.75) is 18.9 Å². The van der Waals surface area contributed by atoms with Crippen LogP contribution in [0.2, 0.25) is 0 Å². The van der Waals surface area contributed by atoms with Gasteiger partial charge < -0.3 is 21.3 Å². The molecule has 0 saturated carbocycles. The van der Waals surface area contributed by atoms with Crippen molar-refractivity contribution in [3.05, 3.63) is 24.0 Å². The van der Waals surface area contributed by atoms with Gasteiger partial charge in [0, 0.05) is 11.9 Å². The zero-order valence-corrected chi connectivity index (χ0v) is 9.68. The molecule has 5 N–H and O–H groups in total. The number of anilines is 1. The lowest BCUT2D eigenvalue weighted by Gasteiger charge is -2.30. The van der Waals surface area contributed by atoms with Gasteiger partial charge in [0.2, 0.25) is 0 Å². The number of nitrogens with one attached hydrogen (secondary N) is 1. The van der Waals surface area contributed by atoms with Gasteiger partial charge in [-0.2, -0.15) is 0 Å². The third-order valence-electron chi connectivity index (χ3n) is 2.70. The Morgan fingerprint density at radius 1 is 1.53 bits per heavy atom. The maximum Gasteiger partial charge on any atom is 0.267 e. The maximum absolute atomic E-state index is 11.0. The van der Waals surface area contributed by atoms with Gasteiger partial charge in [0.1, 0.15) is 5.69 Å². The number of carbonyl (C=O) groups is 1. The summed E-state index contributed by atoms with van der Waals surface area (Å²) in [7, 11) is 0. The quantitative estimate of drug-likeness (QED) is 0.546. The normalized spacial score (nSPS) is 11.2. The molecule has 1 amide bonds. The van der Waals surface area contributed by atoms with Crippen LogP contribution in [0.15, 0.2) is 18.3 Å². The molecule has 94 valence electrons. The summed E-state index contributed by atoms with van der Waals surface area (Å²) >= 11 is 0. The van der Waals surface area contributed by atoms with Crippen LogP contribution in [0.25, 0.3) is 0 Å². The molecule has 0 aliphatic carbocycles. The van der Waals surface area contributed by atoms with Gasteiger partial charge in [-0.05, 0) is 18.6 Å². The number of aromatic nitrogens is 1. The van der Waals surface area contributed by atoms with Crippen LogP contribution < -0.4 is 11.1 Å². The van der Waals surface area contributed by atoms with Crippen molar-refractivity contribution >= 4 is 11.6 Å². The summed E-state index contributed by atoms with van der Waals surface area (Å²) in [6.45, 7) is 1.41. The fourth-order valence-electron chi connectivity index (χ4n) is 1.39. The third kappa shape index (κ3) is 3.15. The van der Waals surface area contributed by atoms with Crippen molar-refractivity contribution in [3.63, 3.8) is 0 Å². The molecule has 0 atom stereocenters. The number of aliphatic hydroxyl groups excluding tert-OH is 2. The molecule has 1 aromatic rings. The van der Waals surface area contributed by atoms with Crippen LogP contribution in [-0.2, 0) is 0 Å². The molecule has 6 heteroatoms. The first-order valence-corrected chi connectivity index (χ1v) is 5.32. The lowest BCUT2D eigenvalue weighted by Crippen LogP contribution is -2.45. The van der Waals surface area contributed by atoms with Crippen LogP contribution in [0, 0.1) is 0 Å². The molecule has 1 aromatic heterocycles. The van der Waals surface area contributed by atoms with Crippen molar-refractivity contribution in [2.24, 2.45) is 5.73 Å². The highest BCUT2D eigenvalue weighted by molar-refractivity contribution is 5.91. The van der Waals surface area contributed by atoms with E-state index in [1.54, 1.807) is 6.07 Å².